The monoisotopic (exact) mass is 236 g/mol. The summed E-state index contributed by atoms with van der Waals surface area (Å²) in [5.74, 6) is -0.494. The highest BCUT2D eigenvalue weighted by atomic mass is 19.4. The molecule has 1 unspecified atom stereocenters. The van der Waals surface area contributed by atoms with Crippen molar-refractivity contribution in [3.8, 4) is 0 Å². The minimum atomic E-state index is -4.16. The van der Waals surface area contributed by atoms with Crippen LogP contribution in [-0.2, 0) is 0 Å². The SMILES string of the molecule is NC(CCCC(F)(F)F)c1ccc(F)cn1. The quantitative estimate of drug-likeness (QED) is 0.816. The van der Waals surface area contributed by atoms with Crippen molar-refractivity contribution in [3.63, 3.8) is 0 Å². The van der Waals surface area contributed by atoms with Crippen molar-refractivity contribution in [2.24, 2.45) is 5.73 Å². The molecule has 0 aliphatic carbocycles. The molecular formula is C10H12F4N2. The summed E-state index contributed by atoms with van der Waals surface area (Å²) in [6.45, 7) is 0. The highest BCUT2D eigenvalue weighted by Crippen LogP contribution is 2.24. The maximum atomic E-state index is 12.5. The molecule has 0 aliphatic rings. The van der Waals surface area contributed by atoms with Crippen molar-refractivity contribution in [1.82, 2.24) is 4.98 Å². The van der Waals surface area contributed by atoms with Crippen molar-refractivity contribution in [2.75, 3.05) is 0 Å². The van der Waals surface area contributed by atoms with E-state index in [1.807, 2.05) is 0 Å². The predicted octanol–water partition coefficient (Wildman–Crippen LogP) is 2.95. The maximum absolute atomic E-state index is 12.5. The lowest BCUT2D eigenvalue weighted by molar-refractivity contribution is -0.135. The Morgan fingerprint density at radius 1 is 1.31 bits per heavy atom. The van der Waals surface area contributed by atoms with Crippen molar-refractivity contribution in [1.29, 1.82) is 0 Å². The molecule has 2 N–H and O–H groups in total. The first-order chi connectivity index (χ1) is 7.38. The molecule has 0 bridgehead atoms. The summed E-state index contributed by atoms with van der Waals surface area (Å²) in [4.78, 5) is 3.71. The molecule has 1 heterocycles. The fourth-order valence-electron chi connectivity index (χ4n) is 1.28. The minimum Gasteiger partial charge on any atom is -0.323 e. The first kappa shape index (κ1) is 12.9. The first-order valence-electron chi connectivity index (χ1n) is 4.82. The van der Waals surface area contributed by atoms with E-state index < -0.39 is 24.5 Å². The van der Waals surface area contributed by atoms with Crippen LogP contribution in [0.5, 0.6) is 0 Å². The third-order valence-corrected chi connectivity index (χ3v) is 2.11. The number of rotatable bonds is 4. The third-order valence-electron chi connectivity index (χ3n) is 2.11. The van der Waals surface area contributed by atoms with Crippen LogP contribution in [0, 0.1) is 5.82 Å². The van der Waals surface area contributed by atoms with E-state index in [1.165, 1.54) is 12.1 Å². The van der Waals surface area contributed by atoms with Crippen molar-refractivity contribution < 1.29 is 17.6 Å². The summed E-state index contributed by atoms with van der Waals surface area (Å²) >= 11 is 0. The van der Waals surface area contributed by atoms with Gasteiger partial charge in [0.05, 0.1) is 11.9 Å². The van der Waals surface area contributed by atoms with Gasteiger partial charge in [0.15, 0.2) is 0 Å². The zero-order valence-corrected chi connectivity index (χ0v) is 8.47. The molecule has 90 valence electrons. The van der Waals surface area contributed by atoms with E-state index in [-0.39, 0.29) is 12.8 Å². The highest BCUT2D eigenvalue weighted by molar-refractivity contribution is 5.09. The Labute approximate surface area is 90.5 Å². The number of hydrogen-bond donors (Lipinski definition) is 1. The van der Waals surface area contributed by atoms with E-state index in [4.69, 9.17) is 5.73 Å². The summed E-state index contributed by atoms with van der Waals surface area (Å²) in [7, 11) is 0. The molecule has 16 heavy (non-hydrogen) atoms. The first-order valence-corrected chi connectivity index (χ1v) is 4.82. The number of hydrogen-bond acceptors (Lipinski definition) is 2. The number of pyridine rings is 1. The molecule has 2 nitrogen and oxygen atoms in total. The van der Waals surface area contributed by atoms with E-state index in [2.05, 4.69) is 4.98 Å². The molecule has 1 atom stereocenters. The van der Waals surface area contributed by atoms with E-state index in [0.717, 1.165) is 6.20 Å². The number of nitrogens with zero attached hydrogens (tertiary/aromatic N) is 1. The topological polar surface area (TPSA) is 38.9 Å². The molecule has 0 radical (unpaired) electrons. The Bertz CT molecular complexity index is 321. The van der Waals surface area contributed by atoms with Crippen LogP contribution in [0.3, 0.4) is 0 Å². The zero-order valence-electron chi connectivity index (χ0n) is 8.47. The smallest absolute Gasteiger partial charge is 0.323 e. The number of halogens is 4. The number of nitrogens with two attached hydrogens (primary N) is 1. The second kappa shape index (κ2) is 5.25. The van der Waals surface area contributed by atoms with Crippen LogP contribution in [-0.4, -0.2) is 11.2 Å². The average Bonchev–Trinajstić information content (AvgIpc) is 2.16. The summed E-state index contributed by atoms with van der Waals surface area (Å²) in [5, 5.41) is 0. The average molecular weight is 236 g/mol. The van der Waals surface area contributed by atoms with Gasteiger partial charge in [-0.1, -0.05) is 0 Å². The lowest BCUT2D eigenvalue weighted by Gasteiger charge is -2.11. The number of aromatic nitrogens is 1. The van der Waals surface area contributed by atoms with E-state index in [0.29, 0.717) is 5.69 Å². The van der Waals surface area contributed by atoms with Crippen LogP contribution in [0.4, 0.5) is 17.6 Å². The van der Waals surface area contributed by atoms with Gasteiger partial charge in [0.1, 0.15) is 5.82 Å². The van der Waals surface area contributed by atoms with Gasteiger partial charge in [0.25, 0.3) is 0 Å². The second-order valence-electron chi connectivity index (χ2n) is 3.52. The van der Waals surface area contributed by atoms with Crippen LogP contribution in [0.2, 0.25) is 0 Å². The molecule has 0 aromatic carbocycles. The summed E-state index contributed by atoms with van der Waals surface area (Å²) in [5.41, 5.74) is 6.03. The minimum absolute atomic E-state index is 0.0519. The highest BCUT2D eigenvalue weighted by Gasteiger charge is 2.26. The van der Waals surface area contributed by atoms with Crippen LogP contribution in [0.25, 0.3) is 0 Å². The Morgan fingerprint density at radius 3 is 2.50 bits per heavy atom. The van der Waals surface area contributed by atoms with E-state index >= 15 is 0 Å². The van der Waals surface area contributed by atoms with Gasteiger partial charge in [-0.05, 0) is 25.0 Å². The molecule has 1 aromatic rings. The standard InChI is InChI=1S/C10H12F4N2/c11-7-3-4-9(16-6-7)8(15)2-1-5-10(12,13)14/h3-4,6,8H,1-2,5,15H2. The normalized spacial score (nSPS) is 13.8. The van der Waals surface area contributed by atoms with Gasteiger partial charge in [-0.2, -0.15) is 13.2 Å². The van der Waals surface area contributed by atoms with E-state index in [9.17, 15) is 17.6 Å². The van der Waals surface area contributed by atoms with Crippen LogP contribution >= 0.6 is 0 Å². The molecule has 0 aliphatic heterocycles. The summed E-state index contributed by atoms with van der Waals surface area (Å²) < 4.78 is 48.1. The van der Waals surface area contributed by atoms with Crippen LogP contribution < -0.4 is 5.73 Å². The summed E-state index contributed by atoms with van der Waals surface area (Å²) in [6, 6.07) is 1.99. The van der Waals surface area contributed by atoms with Gasteiger partial charge < -0.3 is 5.73 Å². The Kier molecular flexibility index (Phi) is 4.23. The molecule has 1 rings (SSSR count). The molecule has 0 fully saturated rings. The van der Waals surface area contributed by atoms with Gasteiger partial charge in [-0.15, -0.1) is 0 Å². The Morgan fingerprint density at radius 2 is 2.00 bits per heavy atom. The van der Waals surface area contributed by atoms with Crippen molar-refractivity contribution >= 4 is 0 Å². The fourth-order valence-corrected chi connectivity index (χ4v) is 1.28. The van der Waals surface area contributed by atoms with Gasteiger partial charge in [0.2, 0.25) is 0 Å². The Balaban J connectivity index is 2.41. The van der Waals surface area contributed by atoms with E-state index in [1.54, 1.807) is 0 Å². The Hall–Kier alpha value is -1.17. The molecular weight excluding hydrogens is 224 g/mol. The summed E-state index contributed by atoms with van der Waals surface area (Å²) in [6.07, 6.45) is -3.89. The zero-order chi connectivity index (χ0) is 12.2. The number of alkyl halides is 3. The fraction of sp³-hybridized carbons (Fsp3) is 0.500. The van der Waals surface area contributed by atoms with Gasteiger partial charge in [-0.3, -0.25) is 4.98 Å². The van der Waals surface area contributed by atoms with Crippen LogP contribution in [0.1, 0.15) is 31.0 Å². The molecule has 6 heteroatoms. The van der Waals surface area contributed by atoms with Gasteiger partial charge in [-0.25, -0.2) is 4.39 Å². The largest absolute Gasteiger partial charge is 0.389 e. The molecule has 0 amide bonds. The van der Waals surface area contributed by atoms with Crippen molar-refractivity contribution in [2.45, 2.75) is 31.5 Å². The molecule has 0 saturated carbocycles. The maximum Gasteiger partial charge on any atom is 0.389 e. The van der Waals surface area contributed by atoms with Gasteiger partial charge in [0, 0.05) is 12.5 Å². The second-order valence-corrected chi connectivity index (χ2v) is 3.52. The lowest BCUT2D eigenvalue weighted by Crippen LogP contribution is -2.14. The molecule has 0 spiro atoms. The molecule has 1 aromatic heterocycles. The third kappa shape index (κ3) is 4.57. The predicted molar refractivity (Wildman–Crippen MR) is 51.0 cm³/mol. The lowest BCUT2D eigenvalue weighted by atomic mass is 10.1. The van der Waals surface area contributed by atoms with Crippen molar-refractivity contribution in [3.05, 3.63) is 29.8 Å². The molecule has 0 saturated heterocycles. The van der Waals surface area contributed by atoms with Crippen LogP contribution in [0.15, 0.2) is 18.3 Å². The van der Waals surface area contributed by atoms with Gasteiger partial charge >= 0.3 is 6.18 Å².